The molecule has 0 aliphatic carbocycles. The fourth-order valence-corrected chi connectivity index (χ4v) is 4.23. The molecule has 1 N–H and O–H groups in total. The lowest BCUT2D eigenvalue weighted by atomic mass is 9.93. The zero-order chi connectivity index (χ0) is 22.4. The maximum Gasteiger partial charge on any atom is 0.410 e. The van der Waals surface area contributed by atoms with Gasteiger partial charge < -0.3 is 15.0 Å². The number of nitrogens with one attached hydrogen (secondary N) is 1. The molecule has 2 amide bonds. The largest absolute Gasteiger partial charge is 0.444 e. The van der Waals surface area contributed by atoms with E-state index in [-0.39, 0.29) is 24.0 Å². The zero-order valence-electron chi connectivity index (χ0n) is 18.8. The van der Waals surface area contributed by atoms with Gasteiger partial charge in [-0.25, -0.2) is 4.79 Å². The summed E-state index contributed by atoms with van der Waals surface area (Å²) in [6.45, 7) is 6.85. The minimum atomic E-state index is -0.495. The van der Waals surface area contributed by atoms with Crippen LogP contribution in [0.25, 0.3) is 5.65 Å². The lowest BCUT2D eigenvalue weighted by molar-refractivity contribution is -0.123. The molecular weight excluding hydrogens is 414 g/mol. The van der Waals surface area contributed by atoms with Crippen LogP contribution in [0.15, 0.2) is 24.4 Å². The Morgan fingerprint density at radius 2 is 2.00 bits per heavy atom. The summed E-state index contributed by atoms with van der Waals surface area (Å²) in [5, 5.41) is 11.7. The number of rotatable bonds is 7. The third-order valence-corrected chi connectivity index (χ3v) is 5.98. The van der Waals surface area contributed by atoms with Gasteiger partial charge in [0.25, 0.3) is 0 Å². The number of hydrogen-bond donors (Lipinski definition) is 1. The maximum atomic E-state index is 12.8. The standard InChI is InChI=1S/C22H33N5O3S/c1-22(2,3)30-21(29)26-12-8-16(9-13-26)15-19(28)23-17(10-14-31-4)20-25-24-18-7-5-6-11-27(18)20/h5-7,11,16-17H,8-10,12-15H2,1-4H3,(H,23,28). The van der Waals surface area contributed by atoms with Crippen LogP contribution < -0.4 is 5.32 Å². The monoisotopic (exact) mass is 447 g/mol. The Kier molecular flexibility index (Phi) is 7.80. The molecule has 0 radical (unpaired) electrons. The highest BCUT2D eigenvalue weighted by Crippen LogP contribution is 2.24. The summed E-state index contributed by atoms with van der Waals surface area (Å²) >= 11 is 1.74. The second-order valence-electron chi connectivity index (χ2n) is 9.00. The molecular formula is C22H33N5O3S. The molecule has 0 aromatic carbocycles. The van der Waals surface area contributed by atoms with E-state index in [1.54, 1.807) is 16.7 Å². The zero-order valence-corrected chi connectivity index (χ0v) is 19.7. The summed E-state index contributed by atoms with van der Waals surface area (Å²) in [4.78, 5) is 26.8. The van der Waals surface area contributed by atoms with E-state index in [1.165, 1.54) is 0 Å². The third-order valence-electron chi connectivity index (χ3n) is 5.34. The van der Waals surface area contributed by atoms with Gasteiger partial charge in [0.2, 0.25) is 5.91 Å². The number of carbonyl (C=O) groups is 2. The van der Waals surface area contributed by atoms with Crippen molar-refractivity contribution in [3.63, 3.8) is 0 Å². The van der Waals surface area contributed by atoms with Crippen LogP contribution >= 0.6 is 11.8 Å². The van der Waals surface area contributed by atoms with Gasteiger partial charge in [-0.2, -0.15) is 11.8 Å². The summed E-state index contributed by atoms with van der Waals surface area (Å²) < 4.78 is 7.39. The molecule has 9 heteroatoms. The van der Waals surface area contributed by atoms with E-state index in [2.05, 4.69) is 21.8 Å². The summed E-state index contributed by atoms with van der Waals surface area (Å²) in [5.41, 5.74) is 0.279. The first-order valence-electron chi connectivity index (χ1n) is 10.8. The van der Waals surface area contributed by atoms with E-state index in [0.29, 0.717) is 19.5 Å². The minimum Gasteiger partial charge on any atom is -0.444 e. The van der Waals surface area contributed by atoms with E-state index in [9.17, 15) is 9.59 Å². The molecule has 0 saturated carbocycles. The van der Waals surface area contributed by atoms with Crippen molar-refractivity contribution >= 4 is 29.4 Å². The molecule has 1 saturated heterocycles. The van der Waals surface area contributed by atoms with Crippen molar-refractivity contribution in [3.8, 4) is 0 Å². The molecule has 1 unspecified atom stereocenters. The molecule has 1 aliphatic heterocycles. The Morgan fingerprint density at radius 1 is 1.26 bits per heavy atom. The molecule has 1 atom stereocenters. The van der Waals surface area contributed by atoms with Crippen molar-refractivity contribution < 1.29 is 14.3 Å². The van der Waals surface area contributed by atoms with Gasteiger partial charge in [0.05, 0.1) is 6.04 Å². The topological polar surface area (TPSA) is 88.8 Å². The maximum absolute atomic E-state index is 12.8. The second kappa shape index (κ2) is 10.3. The number of ether oxygens (including phenoxy) is 1. The van der Waals surface area contributed by atoms with Crippen LogP contribution in [0.3, 0.4) is 0 Å². The van der Waals surface area contributed by atoms with Gasteiger partial charge in [-0.05, 0) is 70.1 Å². The molecule has 3 rings (SSSR count). The first-order chi connectivity index (χ1) is 14.8. The number of thioether (sulfide) groups is 1. The Morgan fingerprint density at radius 3 is 2.68 bits per heavy atom. The van der Waals surface area contributed by atoms with E-state index in [1.807, 2.05) is 49.6 Å². The molecule has 31 heavy (non-hydrogen) atoms. The lowest BCUT2D eigenvalue weighted by Gasteiger charge is -2.33. The van der Waals surface area contributed by atoms with Gasteiger partial charge in [-0.1, -0.05) is 6.07 Å². The van der Waals surface area contributed by atoms with Gasteiger partial charge in [0.15, 0.2) is 11.5 Å². The molecule has 2 aromatic rings. The van der Waals surface area contributed by atoms with Crippen molar-refractivity contribution in [3.05, 3.63) is 30.2 Å². The van der Waals surface area contributed by atoms with E-state index < -0.39 is 5.60 Å². The van der Waals surface area contributed by atoms with Gasteiger partial charge in [-0.3, -0.25) is 9.20 Å². The number of pyridine rings is 1. The van der Waals surface area contributed by atoms with Crippen molar-refractivity contribution in [2.75, 3.05) is 25.1 Å². The minimum absolute atomic E-state index is 0.0227. The quantitative estimate of drug-likeness (QED) is 0.697. The van der Waals surface area contributed by atoms with Crippen LogP contribution in [0.4, 0.5) is 4.79 Å². The number of hydrogen-bond acceptors (Lipinski definition) is 6. The van der Waals surface area contributed by atoms with Gasteiger partial charge in [0.1, 0.15) is 5.60 Å². The average Bonchev–Trinajstić information content (AvgIpc) is 3.14. The van der Waals surface area contributed by atoms with Crippen LogP contribution in [0.1, 0.15) is 58.3 Å². The number of aromatic nitrogens is 3. The Labute approximate surface area is 188 Å². The fraction of sp³-hybridized carbons (Fsp3) is 0.636. The van der Waals surface area contributed by atoms with Gasteiger partial charge in [0, 0.05) is 25.7 Å². The SMILES string of the molecule is CSCCC(NC(=O)CC1CCN(C(=O)OC(C)(C)C)CC1)c1nnc2ccccn12. The van der Waals surface area contributed by atoms with Crippen molar-refractivity contribution in [1.82, 2.24) is 24.8 Å². The summed E-state index contributed by atoms with van der Waals surface area (Å²) in [7, 11) is 0. The third kappa shape index (κ3) is 6.59. The normalized spacial score (nSPS) is 16.3. The van der Waals surface area contributed by atoms with Crippen LogP contribution in [0.5, 0.6) is 0 Å². The number of nitrogens with zero attached hydrogens (tertiary/aromatic N) is 4. The smallest absolute Gasteiger partial charge is 0.410 e. The number of amides is 2. The predicted octanol–water partition coefficient (Wildman–Crippen LogP) is 3.68. The molecule has 0 spiro atoms. The molecule has 1 fully saturated rings. The highest BCUT2D eigenvalue weighted by Gasteiger charge is 2.28. The van der Waals surface area contributed by atoms with E-state index in [0.717, 1.165) is 36.5 Å². The lowest BCUT2D eigenvalue weighted by Crippen LogP contribution is -2.42. The number of carbonyl (C=O) groups excluding carboxylic acids is 2. The number of piperidine rings is 1. The summed E-state index contributed by atoms with van der Waals surface area (Å²) in [6, 6.07) is 5.58. The molecule has 170 valence electrons. The van der Waals surface area contributed by atoms with Crippen LogP contribution in [0.2, 0.25) is 0 Å². The molecule has 8 nitrogen and oxygen atoms in total. The Hall–Kier alpha value is -2.29. The number of likely N-dealkylation sites (tertiary alicyclic amines) is 1. The van der Waals surface area contributed by atoms with E-state index >= 15 is 0 Å². The van der Waals surface area contributed by atoms with Crippen molar-refractivity contribution in [1.29, 1.82) is 0 Å². The average molecular weight is 448 g/mol. The van der Waals surface area contributed by atoms with Crippen LogP contribution in [0, 0.1) is 5.92 Å². The number of fused-ring (bicyclic) bond motifs is 1. The second-order valence-corrected chi connectivity index (χ2v) is 9.99. The van der Waals surface area contributed by atoms with Crippen LogP contribution in [-0.2, 0) is 9.53 Å². The fourth-order valence-electron chi connectivity index (χ4n) is 3.76. The van der Waals surface area contributed by atoms with Crippen molar-refractivity contribution in [2.45, 2.75) is 58.1 Å². The molecule has 0 bridgehead atoms. The van der Waals surface area contributed by atoms with Gasteiger partial charge >= 0.3 is 6.09 Å². The summed E-state index contributed by atoms with van der Waals surface area (Å²) in [6.07, 6.45) is 6.56. The Balaban J connectivity index is 1.55. The van der Waals surface area contributed by atoms with E-state index in [4.69, 9.17) is 4.74 Å². The highest BCUT2D eigenvalue weighted by molar-refractivity contribution is 7.98. The first kappa shape index (κ1) is 23.4. The summed E-state index contributed by atoms with van der Waals surface area (Å²) in [5.74, 6) is 1.96. The van der Waals surface area contributed by atoms with Crippen molar-refractivity contribution in [2.24, 2.45) is 5.92 Å². The predicted molar refractivity (Wildman–Crippen MR) is 122 cm³/mol. The first-order valence-corrected chi connectivity index (χ1v) is 12.2. The highest BCUT2D eigenvalue weighted by atomic mass is 32.2. The Bertz CT molecular complexity index is 887. The molecule has 3 heterocycles. The molecule has 2 aromatic heterocycles. The van der Waals surface area contributed by atoms with Gasteiger partial charge in [-0.15, -0.1) is 10.2 Å². The van der Waals surface area contributed by atoms with Crippen LogP contribution in [-0.4, -0.2) is 62.2 Å². The molecule has 1 aliphatic rings.